The summed E-state index contributed by atoms with van der Waals surface area (Å²) in [5.41, 5.74) is 1.02. The molecule has 2 fully saturated rings. The van der Waals surface area contributed by atoms with Crippen molar-refractivity contribution < 1.29 is 14.3 Å². The van der Waals surface area contributed by atoms with Crippen molar-refractivity contribution in [2.24, 2.45) is 17.8 Å². The molecule has 1 aliphatic carbocycles. The van der Waals surface area contributed by atoms with Crippen LogP contribution < -0.4 is 5.32 Å². The average molecular weight is 393 g/mol. The van der Waals surface area contributed by atoms with E-state index in [4.69, 9.17) is 16.3 Å². The molecule has 1 aliphatic heterocycles. The van der Waals surface area contributed by atoms with Crippen molar-refractivity contribution in [3.8, 4) is 0 Å². The fourth-order valence-corrected chi connectivity index (χ4v) is 4.38. The Hall–Kier alpha value is -1.75. The maximum atomic E-state index is 12.9. The number of halogens is 1. The van der Waals surface area contributed by atoms with Crippen LogP contribution in [0.3, 0.4) is 0 Å². The molecule has 148 valence electrons. The molecule has 1 N–H and O–H groups in total. The van der Waals surface area contributed by atoms with Crippen molar-refractivity contribution in [2.75, 3.05) is 25.0 Å². The zero-order valence-corrected chi connectivity index (χ0v) is 16.9. The number of amides is 2. The molecule has 1 aromatic rings. The first-order valence-corrected chi connectivity index (χ1v) is 10.3. The lowest BCUT2D eigenvalue weighted by molar-refractivity contribution is 0.0521. The molecule has 0 unspecified atom stereocenters. The van der Waals surface area contributed by atoms with E-state index in [0.29, 0.717) is 28.8 Å². The highest BCUT2D eigenvalue weighted by Crippen LogP contribution is 2.36. The van der Waals surface area contributed by atoms with Crippen molar-refractivity contribution in [2.45, 2.75) is 46.0 Å². The third kappa shape index (κ3) is 5.16. The van der Waals surface area contributed by atoms with Gasteiger partial charge in [0.2, 0.25) is 0 Å². The second-order valence-electron chi connectivity index (χ2n) is 8.16. The molecule has 27 heavy (non-hydrogen) atoms. The second-order valence-corrected chi connectivity index (χ2v) is 8.56. The first-order valence-electron chi connectivity index (χ1n) is 9.96. The third-order valence-electron chi connectivity index (χ3n) is 5.57. The molecule has 1 heterocycles. The number of fused-ring (bicyclic) bond motifs is 1. The molecular weight excluding hydrogens is 364 g/mol. The molecule has 6 heteroatoms. The Bertz CT molecular complexity index is 692. The van der Waals surface area contributed by atoms with Gasteiger partial charge in [0.05, 0.1) is 17.2 Å². The van der Waals surface area contributed by atoms with E-state index >= 15 is 0 Å². The molecule has 0 bridgehead atoms. The van der Waals surface area contributed by atoms with Crippen LogP contribution >= 0.6 is 11.6 Å². The molecule has 2 atom stereocenters. The summed E-state index contributed by atoms with van der Waals surface area (Å²) in [6.45, 7) is 5.94. The summed E-state index contributed by atoms with van der Waals surface area (Å²) < 4.78 is 5.10. The number of piperidine rings is 1. The molecule has 1 aromatic carbocycles. The largest absolute Gasteiger partial charge is 0.449 e. The minimum Gasteiger partial charge on any atom is -0.449 e. The number of nitrogens with zero attached hydrogens (tertiary/aromatic N) is 1. The fraction of sp³-hybridized carbons (Fsp3) is 0.619. The minimum atomic E-state index is -0.516. The SMILES string of the molecule is CC(C)COC(=O)Nc1ccc(C(=O)N2CC[C@H]3CCCC[C@H]3C2)c(Cl)c1. The van der Waals surface area contributed by atoms with Gasteiger partial charge in [-0.05, 0) is 48.8 Å². The predicted octanol–water partition coefficient (Wildman–Crippen LogP) is 5.20. The quantitative estimate of drug-likeness (QED) is 0.766. The molecular formula is C21H29ClN2O3. The van der Waals surface area contributed by atoms with Gasteiger partial charge in [0.25, 0.3) is 5.91 Å². The van der Waals surface area contributed by atoms with E-state index in [2.05, 4.69) is 5.32 Å². The molecule has 2 aliphatic rings. The second kappa shape index (κ2) is 8.96. The Morgan fingerprint density at radius 1 is 1.22 bits per heavy atom. The van der Waals surface area contributed by atoms with E-state index in [-0.39, 0.29) is 11.8 Å². The van der Waals surface area contributed by atoms with Gasteiger partial charge in [0.15, 0.2) is 0 Å². The molecule has 5 nitrogen and oxygen atoms in total. The van der Waals surface area contributed by atoms with Crippen LogP contribution in [-0.4, -0.2) is 36.6 Å². The summed E-state index contributed by atoms with van der Waals surface area (Å²) in [6, 6.07) is 5.00. The van der Waals surface area contributed by atoms with Crippen molar-refractivity contribution in [1.29, 1.82) is 0 Å². The molecule has 1 saturated carbocycles. The average Bonchev–Trinajstić information content (AvgIpc) is 2.65. The van der Waals surface area contributed by atoms with Gasteiger partial charge in [-0.25, -0.2) is 4.79 Å². The normalized spacial score (nSPS) is 22.3. The molecule has 1 saturated heterocycles. The Labute approximate surface area is 166 Å². The number of hydrogen-bond acceptors (Lipinski definition) is 3. The molecule has 3 rings (SSSR count). The van der Waals surface area contributed by atoms with Crippen LogP contribution in [0.15, 0.2) is 18.2 Å². The maximum absolute atomic E-state index is 12.9. The van der Waals surface area contributed by atoms with Crippen LogP contribution in [-0.2, 0) is 4.74 Å². The smallest absolute Gasteiger partial charge is 0.411 e. The lowest BCUT2D eigenvalue weighted by atomic mass is 9.75. The monoisotopic (exact) mass is 392 g/mol. The summed E-state index contributed by atoms with van der Waals surface area (Å²) in [4.78, 5) is 26.7. The highest BCUT2D eigenvalue weighted by atomic mass is 35.5. The molecule has 0 radical (unpaired) electrons. The van der Waals surface area contributed by atoms with E-state index in [0.717, 1.165) is 25.4 Å². The van der Waals surface area contributed by atoms with E-state index < -0.39 is 6.09 Å². The lowest BCUT2D eigenvalue weighted by Gasteiger charge is -2.41. The Morgan fingerprint density at radius 2 is 1.96 bits per heavy atom. The molecule has 0 aromatic heterocycles. The van der Waals surface area contributed by atoms with Gasteiger partial charge in [-0.1, -0.05) is 44.7 Å². The van der Waals surface area contributed by atoms with Gasteiger partial charge in [-0.3, -0.25) is 10.1 Å². The Balaban J connectivity index is 1.61. The van der Waals surface area contributed by atoms with Crippen molar-refractivity contribution in [1.82, 2.24) is 4.90 Å². The number of carbonyl (C=O) groups is 2. The summed E-state index contributed by atoms with van der Waals surface area (Å²) in [5, 5.41) is 3.00. The highest BCUT2D eigenvalue weighted by Gasteiger charge is 2.33. The number of likely N-dealkylation sites (tertiary alicyclic amines) is 1. The van der Waals surface area contributed by atoms with E-state index in [1.807, 2.05) is 18.7 Å². The fourth-order valence-electron chi connectivity index (χ4n) is 4.12. The number of carbonyl (C=O) groups excluding carboxylic acids is 2. The van der Waals surface area contributed by atoms with E-state index in [9.17, 15) is 9.59 Å². The van der Waals surface area contributed by atoms with Crippen molar-refractivity contribution >= 4 is 29.3 Å². The summed E-state index contributed by atoms with van der Waals surface area (Å²) in [7, 11) is 0. The predicted molar refractivity (Wildman–Crippen MR) is 107 cm³/mol. The van der Waals surface area contributed by atoms with Gasteiger partial charge in [0, 0.05) is 18.8 Å². The van der Waals surface area contributed by atoms with Crippen molar-refractivity contribution in [3.05, 3.63) is 28.8 Å². The lowest BCUT2D eigenvalue weighted by Crippen LogP contribution is -2.44. The highest BCUT2D eigenvalue weighted by molar-refractivity contribution is 6.34. The first kappa shape index (κ1) is 20.0. The zero-order valence-electron chi connectivity index (χ0n) is 16.2. The van der Waals surface area contributed by atoms with Crippen LogP contribution in [0.2, 0.25) is 5.02 Å². The van der Waals surface area contributed by atoms with Gasteiger partial charge in [0.1, 0.15) is 0 Å². The number of benzene rings is 1. The van der Waals surface area contributed by atoms with Gasteiger partial charge in [-0.2, -0.15) is 0 Å². The number of rotatable bonds is 4. The summed E-state index contributed by atoms with van der Waals surface area (Å²) in [6.07, 6.45) is 5.71. The number of anilines is 1. The van der Waals surface area contributed by atoms with Gasteiger partial charge in [-0.15, -0.1) is 0 Å². The Kier molecular flexibility index (Phi) is 6.64. The maximum Gasteiger partial charge on any atom is 0.411 e. The van der Waals surface area contributed by atoms with Crippen LogP contribution in [0, 0.1) is 17.8 Å². The third-order valence-corrected chi connectivity index (χ3v) is 5.88. The van der Waals surface area contributed by atoms with Crippen LogP contribution in [0.4, 0.5) is 10.5 Å². The molecule has 2 amide bonds. The van der Waals surface area contributed by atoms with Gasteiger partial charge >= 0.3 is 6.09 Å². The van der Waals surface area contributed by atoms with Crippen LogP contribution in [0.1, 0.15) is 56.3 Å². The minimum absolute atomic E-state index is 0.0158. The van der Waals surface area contributed by atoms with E-state index in [1.165, 1.54) is 25.7 Å². The van der Waals surface area contributed by atoms with Crippen LogP contribution in [0.25, 0.3) is 0 Å². The number of ether oxygens (including phenoxy) is 1. The van der Waals surface area contributed by atoms with Gasteiger partial charge < -0.3 is 9.64 Å². The summed E-state index contributed by atoms with van der Waals surface area (Å²) in [5.74, 6) is 1.67. The summed E-state index contributed by atoms with van der Waals surface area (Å²) >= 11 is 6.35. The van der Waals surface area contributed by atoms with Crippen molar-refractivity contribution in [3.63, 3.8) is 0 Å². The Morgan fingerprint density at radius 3 is 2.67 bits per heavy atom. The van der Waals surface area contributed by atoms with Crippen LogP contribution in [0.5, 0.6) is 0 Å². The number of hydrogen-bond donors (Lipinski definition) is 1. The number of nitrogens with one attached hydrogen (secondary N) is 1. The molecule has 0 spiro atoms. The standard InChI is InChI=1S/C21H29ClN2O3/c1-14(2)13-27-21(26)23-17-7-8-18(19(22)11-17)20(25)24-10-9-15-5-3-4-6-16(15)12-24/h7-8,11,14-16H,3-6,9-10,12-13H2,1-2H3,(H,23,26)/t15-,16+/m1/s1. The first-order chi connectivity index (χ1) is 12.9. The zero-order chi connectivity index (χ0) is 19.4. The van der Waals surface area contributed by atoms with E-state index in [1.54, 1.807) is 18.2 Å². The topological polar surface area (TPSA) is 58.6 Å².